The van der Waals surface area contributed by atoms with Gasteiger partial charge in [0, 0.05) is 19.4 Å². The number of rotatable bonds is 1. The molecule has 2 aromatic rings. The summed E-state index contributed by atoms with van der Waals surface area (Å²) >= 11 is 3.24. The Morgan fingerprint density at radius 1 is 1.50 bits per heavy atom. The van der Waals surface area contributed by atoms with Crippen LogP contribution < -0.4 is 5.73 Å². The Kier molecular flexibility index (Phi) is 2.20. The molecule has 0 aliphatic carbocycles. The molecule has 0 saturated carbocycles. The van der Waals surface area contributed by atoms with Crippen molar-refractivity contribution in [2.24, 2.45) is 7.05 Å². The molecule has 2 heterocycles. The molecule has 0 aliphatic heterocycles. The van der Waals surface area contributed by atoms with E-state index in [1.54, 1.807) is 17.1 Å². The molecule has 14 heavy (non-hydrogen) atoms. The zero-order chi connectivity index (χ0) is 10.1. The van der Waals surface area contributed by atoms with E-state index in [-0.39, 0.29) is 0 Å². The van der Waals surface area contributed by atoms with Crippen LogP contribution in [0, 0.1) is 0 Å². The Morgan fingerprint density at radius 3 is 2.86 bits per heavy atom. The number of nitrogen functional groups attached to an aromatic ring is 1. The van der Waals surface area contributed by atoms with Gasteiger partial charge in [0.15, 0.2) is 5.82 Å². The third-order valence-corrected chi connectivity index (χ3v) is 2.43. The van der Waals surface area contributed by atoms with Crippen molar-refractivity contribution in [1.29, 1.82) is 0 Å². The van der Waals surface area contributed by atoms with E-state index in [9.17, 15) is 0 Å². The van der Waals surface area contributed by atoms with Crippen LogP contribution >= 0.6 is 15.9 Å². The van der Waals surface area contributed by atoms with Gasteiger partial charge in [-0.05, 0) is 22.0 Å². The van der Waals surface area contributed by atoms with Crippen LogP contribution in [0.2, 0.25) is 0 Å². The molecule has 0 radical (unpaired) electrons. The van der Waals surface area contributed by atoms with E-state index in [1.165, 1.54) is 0 Å². The minimum atomic E-state index is 0.427. The van der Waals surface area contributed by atoms with Crippen LogP contribution in [-0.4, -0.2) is 19.7 Å². The number of halogens is 1. The number of anilines is 1. The van der Waals surface area contributed by atoms with Crippen LogP contribution in [0.4, 0.5) is 5.82 Å². The Labute approximate surface area is 89.1 Å². The van der Waals surface area contributed by atoms with Crippen LogP contribution in [0.25, 0.3) is 11.5 Å². The molecule has 0 bridgehead atoms. The monoisotopic (exact) mass is 253 g/mol. The van der Waals surface area contributed by atoms with Gasteiger partial charge in [-0.15, -0.1) is 0 Å². The summed E-state index contributed by atoms with van der Waals surface area (Å²) in [6.45, 7) is 0. The van der Waals surface area contributed by atoms with E-state index < -0.39 is 0 Å². The normalized spacial score (nSPS) is 10.4. The highest BCUT2D eigenvalue weighted by atomic mass is 79.9. The lowest BCUT2D eigenvalue weighted by Crippen LogP contribution is -2.00. The van der Waals surface area contributed by atoms with Gasteiger partial charge >= 0.3 is 0 Å². The molecule has 0 unspecified atom stereocenters. The maximum Gasteiger partial charge on any atom is 0.179 e. The second kappa shape index (κ2) is 3.38. The van der Waals surface area contributed by atoms with Crippen molar-refractivity contribution in [2.75, 3.05) is 5.73 Å². The fraction of sp³-hybridized carbons (Fsp3) is 0.125. The predicted molar refractivity (Wildman–Crippen MR) is 56.3 cm³/mol. The van der Waals surface area contributed by atoms with Crippen molar-refractivity contribution in [1.82, 2.24) is 19.7 Å². The summed E-state index contributed by atoms with van der Waals surface area (Å²) in [5.41, 5.74) is 6.49. The van der Waals surface area contributed by atoms with Crippen molar-refractivity contribution < 1.29 is 0 Å². The Morgan fingerprint density at radius 2 is 2.29 bits per heavy atom. The first-order valence-electron chi connectivity index (χ1n) is 3.95. The Bertz CT molecular complexity index is 465. The zero-order valence-electron chi connectivity index (χ0n) is 7.48. The summed E-state index contributed by atoms with van der Waals surface area (Å²) in [5.74, 6) is 1.00. The van der Waals surface area contributed by atoms with Gasteiger partial charge in [-0.2, -0.15) is 5.10 Å². The summed E-state index contributed by atoms with van der Waals surface area (Å²) in [6, 6.07) is 1.84. The molecule has 0 fully saturated rings. The van der Waals surface area contributed by atoms with Gasteiger partial charge in [-0.1, -0.05) is 0 Å². The topological polar surface area (TPSA) is 69.6 Å². The lowest BCUT2D eigenvalue weighted by molar-refractivity contribution is 0.770. The van der Waals surface area contributed by atoms with Crippen LogP contribution in [-0.2, 0) is 7.05 Å². The predicted octanol–water partition coefficient (Wildman–Crippen LogP) is 1.22. The van der Waals surface area contributed by atoms with Gasteiger partial charge in [0.25, 0.3) is 0 Å². The average Bonchev–Trinajstić information content (AvgIpc) is 2.57. The molecule has 6 heteroatoms. The van der Waals surface area contributed by atoms with E-state index in [4.69, 9.17) is 5.73 Å². The van der Waals surface area contributed by atoms with Gasteiger partial charge < -0.3 is 5.73 Å². The van der Waals surface area contributed by atoms with Crippen molar-refractivity contribution in [3.05, 3.63) is 22.9 Å². The second-order valence-corrected chi connectivity index (χ2v) is 3.62. The van der Waals surface area contributed by atoms with Gasteiger partial charge in [0.1, 0.15) is 11.5 Å². The maximum absolute atomic E-state index is 5.65. The fourth-order valence-corrected chi connectivity index (χ4v) is 1.29. The first-order chi connectivity index (χ1) is 6.68. The Hall–Kier alpha value is -1.43. The first-order valence-corrected chi connectivity index (χ1v) is 4.74. The molecule has 2 N–H and O–H groups in total. The molecule has 2 aromatic heterocycles. The van der Waals surface area contributed by atoms with Crippen molar-refractivity contribution in [3.8, 4) is 11.5 Å². The molecule has 5 nitrogen and oxygen atoms in total. The van der Waals surface area contributed by atoms with Crippen LogP contribution in [0.3, 0.4) is 0 Å². The number of aromatic nitrogens is 4. The zero-order valence-corrected chi connectivity index (χ0v) is 9.06. The molecule has 0 aliphatic rings. The minimum absolute atomic E-state index is 0.427. The Balaban J connectivity index is 2.53. The lowest BCUT2D eigenvalue weighted by Gasteiger charge is -2.02. The van der Waals surface area contributed by atoms with Crippen LogP contribution in [0.15, 0.2) is 22.9 Å². The molecule has 0 aromatic carbocycles. The number of nitrogens with two attached hydrogens (primary N) is 1. The number of hydrogen-bond donors (Lipinski definition) is 1. The molecule has 72 valence electrons. The lowest BCUT2D eigenvalue weighted by atomic mass is 10.4. The first kappa shape index (κ1) is 9.14. The summed E-state index contributed by atoms with van der Waals surface area (Å²) in [4.78, 5) is 8.28. The minimum Gasteiger partial charge on any atom is -0.383 e. The van der Waals surface area contributed by atoms with E-state index in [2.05, 4.69) is 31.0 Å². The third kappa shape index (κ3) is 1.48. The number of nitrogens with zero attached hydrogens (tertiary/aromatic N) is 4. The molecule has 2 rings (SSSR count). The second-order valence-electron chi connectivity index (χ2n) is 2.77. The van der Waals surface area contributed by atoms with Crippen molar-refractivity contribution in [3.63, 3.8) is 0 Å². The summed E-state index contributed by atoms with van der Waals surface area (Å²) < 4.78 is 2.39. The van der Waals surface area contributed by atoms with E-state index in [0.29, 0.717) is 16.1 Å². The quantitative estimate of drug-likeness (QED) is 0.830. The smallest absolute Gasteiger partial charge is 0.179 e. The summed E-state index contributed by atoms with van der Waals surface area (Å²) in [6.07, 6.45) is 3.32. The van der Waals surface area contributed by atoms with E-state index >= 15 is 0 Å². The van der Waals surface area contributed by atoms with Gasteiger partial charge in [0.05, 0.1) is 4.47 Å². The molecule has 0 spiro atoms. The molecule has 0 atom stereocenters. The standard InChI is InChI=1S/C8H8BrN5/c1-14-6(2-3-12-14)8-11-4-5(9)7(10)13-8/h2-4H,1H3,(H2,10,11,13). The van der Waals surface area contributed by atoms with Gasteiger partial charge in [0.2, 0.25) is 0 Å². The SMILES string of the molecule is Cn1nccc1-c1ncc(Br)c(N)n1. The van der Waals surface area contributed by atoms with E-state index in [1.807, 2.05) is 13.1 Å². The highest BCUT2D eigenvalue weighted by Crippen LogP contribution is 2.19. The summed E-state index contributed by atoms with van der Waals surface area (Å²) in [5, 5.41) is 4.03. The van der Waals surface area contributed by atoms with Crippen LogP contribution in [0.1, 0.15) is 0 Å². The number of aryl methyl sites for hydroxylation is 1. The largest absolute Gasteiger partial charge is 0.383 e. The summed E-state index contributed by atoms with van der Waals surface area (Å²) in [7, 11) is 1.83. The average molecular weight is 254 g/mol. The van der Waals surface area contributed by atoms with E-state index in [0.717, 1.165) is 5.69 Å². The van der Waals surface area contributed by atoms with Crippen molar-refractivity contribution in [2.45, 2.75) is 0 Å². The van der Waals surface area contributed by atoms with Crippen molar-refractivity contribution >= 4 is 21.7 Å². The third-order valence-electron chi connectivity index (χ3n) is 1.82. The van der Waals surface area contributed by atoms with Gasteiger partial charge in [-0.25, -0.2) is 9.97 Å². The fourth-order valence-electron chi connectivity index (χ4n) is 1.10. The van der Waals surface area contributed by atoms with Gasteiger partial charge in [-0.3, -0.25) is 4.68 Å². The molecule has 0 amide bonds. The van der Waals surface area contributed by atoms with Crippen LogP contribution in [0.5, 0.6) is 0 Å². The number of hydrogen-bond acceptors (Lipinski definition) is 4. The highest BCUT2D eigenvalue weighted by molar-refractivity contribution is 9.10. The molecular formula is C8H8BrN5. The molecular weight excluding hydrogens is 246 g/mol. The highest BCUT2D eigenvalue weighted by Gasteiger charge is 2.07. The molecule has 0 saturated heterocycles. The maximum atomic E-state index is 5.65.